The van der Waals surface area contributed by atoms with Crippen LogP contribution in [0, 0.1) is 11.7 Å². The maximum Gasteiger partial charge on any atom is 0.321 e. The number of allylic oxidation sites excluding steroid dienone is 2. The van der Waals surface area contributed by atoms with Gasteiger partial charge in [0.05, 0.1) is 19.2 Å². The largest absolute Gasteiger partial charge is 0.472 e. The van der Waals surface area contributed by atoms with Gasteiger partial charge in [0.1, 0.15) is 17.5 Å². The summed E-state index contributed by atoms with van der Waals surface area (Å²) in [5.74, 6) is -0.625. The van der Waals surface area contributed by atoms with Gasteiger partial charge >= 0.3 is 6.03 Å². The molecule has 2 heterocycles. The fraction of sp³-hybridized carbons (Fsp3) is 0.444. The smallest absolute Gasteiger partial charge is 0.321 e. The molecule has 9 heteroatoms. The molecular formula is C27H33FN4O4. The lowest BCUT2D eigenvalue weighted by molar-refractivity contribution is 0.0356. The van der Waals surface area contributed by atoms with Crippen molar-refractivity contribution in [2.45, 2.75) is 45.3 Å². The molecule has 1 aromatic carbocycles. The molecule has 2 N–H and O–H groups in total. The number of fused-ring (bicyclic) bond motifs is 1. The summed E-state index contributed by atoms with van der Waals surface area (Å²) in [4.78, 5) is 34.0. The average molecular weight is 497 g/mol. The lowest BCUT2D eigenvalue weighted by atomic mass is 9.99. The number of rotatable bonds is 6. The molecule has 2 aromatic rings. The summed E-state index contributed by atoms with van der Waals surface area (Å²) in [6.45, 7) is 4.13. The van der Waals surface area contributed by atoms with Gasteiger partial charge in [0.15, 0.2) is 0 Å². The number of nitrogens with zero attached hydrogens (tertiary/aromatic N) is 3. The van der Waals surface area contributed by atoms with E-state index in [-0.39, 0.29) is 30.9 Å². The third-order valence-electron chi connectivity index (χ3n) is 6.81. The normalized spacial score (nSPS) is 20.5. The summed E-state index contributed by atoms with van der Waals surface area (Å²) in [6, 6.07) is 6.72. The molecule has 1 aliphatic carbocycles. The van der Waals surface area contributed by atoms with Gasteiger partial charge in [-0.1, -0.05) is 19.1 Å². The zero-order chi connectivity index (χ0) is 25.8. The van der Waals surface area contributed by atoms with Gasteiger partial charge in [0.2, 0.25) is 5.88 Å². The fourth-order valence-corrected chi connectivity index (χ4v) is 4.57. The first-order valence-electron chi connectivity index (χ1n) is 12.3. The molecular weight excluding hydrogens is 463 g/mol. The lowest BCUT2D eigenvalue weighted by Crippen LogP contribution is -2.50. The number of carbonyl (C=O) groups excluding carboxylic acids is 2. The molecule has 36 heavy (non-hydrogen) atoms. The van der Waals surface area contributed by atoms with Gasteiger partial charge in [-0.15, -0.1) is 0 Å². The Morgan fingerprint density at radius 3 is 2.89 bits per heavy atom. The topological polar surface area (TPSA) is 95.0 Å². The van der Waals surface area contributed by atoms with Gasteiger partial charge in [0, 0.05) is 31.4 Å². The second-order valence-electron chi connectivity index (χ2n) is 9.64. The summed E-state index contributed by atoms with van der Waals surface area (Å²) in [7, 11) is 1.63. The van der Waals surface area contributed by atoms with Crippen LogP contribution < -0.4 is 10.1 Å². The van der Waals surface area contributed by atoms with Crippen molar-refractivity contribution in [1.82, 2.24) is 14.8 Å². The van der Waals surface area contributed by atoms with Crippen LogP contribution in [-0.2, 0) is 0 Å². The van der Waals surface area contributed by atoms with E-state index >= 15 is 0 Å². The predicted molar refractivity (Wildman–Crippen MR) is 135 cm³/mol. The minimum Gasteiger partial charge on any atom is -0.472 e. The second-order valence-corrected chi connectivity index (χ2v) is 9.64. The van der Waals surface area contributed by atoms with Crippen LogP contribution in [0.5, 0.6) is 5.88 Å². The Kier molecular flexibility index (Phi) is 7.88. The van der Waals surface area contributed by atoms with E-state index < -0.39 is 24.0 Å². The van der Waals surface area contributed by atoms with E-state index in [9.17, 15) is 19.1 Å². The molecule has 4 rings (SSSR count). The van der Waals surface area contributed by atoms with Crippen LogP contribution in [-0.4, -0.2) is 70.7 Å². The summed E-state index contributed by atoms with van der Waals surface area (Å²) in [5, 5.41) is 12.5. The van der Waals surface area contributed by atoms with Gasteiger partial charge in [-0.25, -0.2) is 14.2 Å². The Labute approximate surface area is 210 Å². The van der Waals surface area contributed by atoms with E-state index in [4.69, 9.17) is 4.74 Å². The molecule has 1 aromatic heterocycles. The van der Waals surface area contributed by atoms with Crippen molar-refractivity contribution in [2.24, 2.45) is 5.92 Å². The summed E-state index contributed by atoms with van der Waals surface area (Å²) < 4.78 is 19.8. The van der Waals surface area contributed by atoms with E-state index in [1.54, 1.807) is 31.1 Å². The van der Waals surface area contributed by atoms with E-state index in [0.29, 0.717) is 17.8 Å². The van der Waals surface area contributed by atoms with Gasteiger partial charge in [-0.05, 0) is 61.6 Å². The number of urea groups is 1. The zero-order valence-corrected chi connectivity index (χ0v) is 20.9. The van der Waals surface area contributed by atoms with Crippen LogP contribution >= 0.6 is 0 Å². The highest BCUT2D eigenvalue weighted by atomic mass is 19.1. The molecule has 192 valence electrons. The van der Waals surface area contributed by atoms with Crippen molar-refractivity contribution in [3.8, 4) is 5.88 Å². The number of ether oxygens (including phenoxy) is 1. The van der Waals surface area contributed by atoms with E-state index in [1.165, 1.54) is 28.7 Å². The maximum absolute atomic E-state index is 13.5. The average Bonchev–Trinajstić information content (AvgIpc) is 3.40. The SMILES string of the molecule is C[C@@H]1CN([C@@H](C)CO)C(=O)c2cc(C3=CCCC3)cnc2O[C@H]1CN(C)C(=O)Nc1cccc(F)c1. The minimum atomic E-state index is -0.474. The highest BCUT2D eigenvalue weighted by molar-refractivity contribution is 5.97. The van der Waals surface area contributed by atoms with Crippen LogP contribution in [0.4, 0.5) is 14.9 Å². The Bertz CT molecular complexity index is 1150. The number of pyridine rings is 1. The first kappa shape index (κ1) is 25.6. The lowest BCUT2D eigenvalue weighted by Gasteiger charge is -2.37. The van der Waals surface area contributed by atoms with Crippen molar-refractivity contribution < 1.29 is 23.8 Å². The number of amides is 3. The van der Waals surface area contributed by atoms with Crippen molar-refractivity contribution >= 4 is 23.2 Å². The molecule has 0 fully saturated rings. The zero-order valence-electron chi connectivity index (χ0n) is 20.9. The first-order chi connectivity index (χ1) is 17.3. The molecule has 1 aliphatic heterocycles. The van der Waals surface area contributed by atoms with Crippen molar-refractivity contribution in [3.63, 3.8) is 0 Å². The molecule has 0 radical (unpaired) electrons. The first-order valence-corrected chi connectivity index (χ1v) is 12.3. The quantitative estimate of drug-likeness (QED) is 0.626. The predicted octanol–water partition coefficient (Wildman–Crippen LogP) is 4.17. The van der Waals surface area contributed by atoms with Crippen LogP contribution in [0.3, 0.4) is 0 Å². The molecule has 8 nitrogen and oxygen atoms in total. The summed E-state index contributed by atoms with van der Waals surface area (Å²) in [6.07, 6.45) is 6.45. The number of hydrogen-bond acceptors (Lipinski definition) is 5. The highest BCUT2D eigenvalue weighted by Gasteiger charge is 2.35. The highest BCUT2D eigenvalue weighted by Crippen LogP contribution is 2.32. The number of aromatic nitrogens is 1. The van der Waals surface area contributed by atoms with E-state index in [2.05, 4.69) is 16.4 Å². The van der Waals surface area contributed by atoms with Crippen LogP contribution in [0.2, 0.25) is 0 Å². The number of hydrogen-bond donors (Lipinski definition) is 2. The Morgan fingerprint density at radius 1 is 1.39 bits per heavy atom. The van der Waals surface area contributed by atoms with Crippen LogP contribution in [0.1, 0.15) is 49.0 Å². The number of anilines is 1. The van der Waals surface area contributed by atoms with Gasteiger partial charge in [-0.2, -0.15) is 0 Å². The Hall–Kier alpha value is -3.46. The molecule has 3 atom stereocenters. The number of benzene rings is 1. The van der Waals surface area contributed by atoms with Crippen LogP contribution in [0.25, 0.3) is 5.57 Å². The molecule has 0 bridgehead atoms. The van der Waals surface area contributed by atoms with Crippen molar-refractivity contribution in [2.75, 3.05) is 32.1 Å². The van der Waals surface area contributed by atoms with Gasteiger partial charge in [0.25, 0.3) is 5.91 Å². The molecule has 2 aliphatic rings. The number of nitrogens with one attached hydrogen (secondary N) is 1. The van der Waals surface area contributed by atoms with Crippen LogP contribution in [0.15, 0.2) is 42.6 Å². The fourth-order valence-electron chi connectivity index (χ4n) is 4.57. The Morgan fingerprint density at radius 2 is 2.19 bits per heavy atom. The molecule has 3 amide bonds. The van der Waals surface area contributed by atoms with E-state index in [1.807, 2.05) is 13.0 Å². The minimum absolute atomic E-state index is 0.167. The standard InChI is InChI=1S/C27H33FN4O4/c1-17-14-32(18(2)16-33)26(34)23-11-20(19-7-4-5-8-19)13-29-25(23)36-24(17)15-31(3)27(35)30-22-10-6-9-21(28)12-22/h6-7,9-13,17-18,24,33H,4-5,8,14-16H2,1-3H3,(H,30,35)/t17-,18+,24+/m1/s1. The maximum atomic E-state index is 13.5. The number of halogens is 1. The summed E-state index contributed by atoms with van der Waals surface area (Å²) >= 11 is 0. The number of carbonyl (C=O) groups is 2. The van der Waals surface area contributed by atoms with E-state index in [0.717, 1.165) is 24.8 Å². The van der Waals surface area contributed by atoms with Crippen molar-refractivity contribution in [3.05, 3.63) is 59.5 Å². The third kappa shape index (κ3) is 5.67. The molecule has 0 unspecified atom stereocenters. The molecule has 0 spiro atoms. The third-order valence-corrected chi connectivity index (χ3v) is 6.81. The monoisotopic (exact) mass is 496 g/mol. The second kappa shape index (κ2) is 11.1. The number of likely N-dealkylation sites (N-methyl/N-ethyl adjacent to an activating group) is 1. The molecule has 0 saturated carbocycles. The number of aliphatic hydroxyl groups is 1. The van der Waals surface area contributed by atoms with Crippen molar-refractivity contribution in [1.29, 1.82) is 0 Å². The van der Waals surface area contributed by atoms with Gasteiger partial charge < -0.3 is 25.0 Å². The number of aliphatic hydroxyl groups excluding tert-OH is 1. The summed E-state index contributed by atoms with van der Waals surface area (Å²) in [5.41, 5.74) is 2.77. The molecule has 0 saturated heterocycles. The Balaban J connectivity index is 1.59. The van der Waals surface area contributed by atoms with Gasteiger partial charge in [-0.3, -0.25) is 4.79 Å².